The van der Waals surface area contributed by atoms with E-state index < -0.39 is 11.2 Å². The zero-order chi connectivity index (χ0) is 29.0. The van der Waals surface area contributed by atoms with Gasteiger partial charge in [-0.25, -0.2) is 4.79 Å². The van der Waals surface area contributed by atoms with Crippen LogP contribution in [0.15, 0.2) is 64.3 Å². The fourth-order valence-corrected chi connectivity index (χ4v) is 5.03. The molecule has 0 spiro atoms. The lowest BCUT2D eigenvalue weighted by molar-refractivity contribution is -0.119. The highest BCUT2D eigenvalue weighted by Crippen LogP contribution is 2.21. The second-order valence-electron chi connectivity index (χ2n) is 10.5. The van der Waals surface area contributed by atoms with Crippen LogP contribution in [0, 0.1) is 0 Å². The van der Waals surface area contributed by atoms with Crippen LogP contribution in [0.2, 0.25) is 5.02 Å². The largest absolute Gasteiger partial charge is 0.336 e. The van der Waals surface area contributed by atoms with Crippen LogP contribution in [0.4, 0.5) is 5.69 Å². The number of rotatable bonds is 8. The molecule has 0 radical (unpaired) electrons. The van der Waals surface area contributed by atoms with E-state index in [1.165, 1.54) is 28.3 Å². The molecular formula is C30H36ClN5O4. The van der Waals surface area contributed by atoms with E-state index in [4.69, 9.17) is 11.6 Å². The van der Waals surface area contributed by atoms with Gasteiger partial charge in [0.15, 0.2) is 0 Å². The maximum Gasteiger partial charge on any atom is 0.330 e. The van der Waals surface area contributed by atoms with Crippen molar-refractivity contribution >= 4 is 29.1 Å². The number of halogens is 1. The van der Waals surface area contributed by atoms with Crippen LogP contribution in [0.25, 0.3) is 0 Å². The molecule has 1 aliphatic heterocycles. The van der Waals surface area contributed by atoms with E-state index in [-0.39, 0.29) is 30.5 Å². The molecular weight excluding hydrogens is 530 g/mol. The van der Waals surface area contributed by atoms with Gasteiger partial charge in [0.2, 0.25) is 5.91 Å². The van der Waals surface area contributed by atoms with Crippen LogP contribution in [0.5, 0.6) is 0 Å². The summed E-state index contributed by atoms with van der Waals surface area (Å²) in [6.45, 7) is 7.27. The Labute approximate surface area is 239 Å². The smallest absolute Gasteiger partial charge is 0.330 e. The highest BCUT2D eigenvalue weighted by molar-refractivity contribution is 6.31. The topological polar surface area (TPSA) is 87.9 Å². The molecule has 0 bridgehead atoms. The van der Waals surface area contributed by atoms with Gasteiger partial charge in [0.25, 0.3) is 11.5 Å². The average Bonchev–Trinajstić information content (AvgIpc) is 2.96. The van der Waals surface area contributed by atoms with Crippen LogP contribution >= 0.6 is 11.6 Å². The van der Waals surface area contributed by atoms with Gasteiger partial charge in [0.05, 0.1) is 6.54 Å². The van der Waals surface area contributed by atoms with E-state index in [1.54, 1.807) is 19.2 Å². The van der Waals surface area contributed by atoms with E-state index in [0.29, 0.717) is 54.8 Å². The number of anilines is 1. The van der Waals surface area contributed by atoms with E-state index in [0.717, 1.165) is 4.57 Å². The summed E-state index contributed by atoms with van der Waals surface area (Å²) in [5.74, 6) is 0.176. The predicted molar refractivity (Wildman–Crippen MR) is 157 cm³/mol. The van der Waals surface area contributed by atoms with Crippen molar-refractivity contribution in [1.29, 1.82) is 0 Å². The highest BCUT2D eigenvalue weighted by atomic mass is 35.5. The Balaban J connectivity index is 1.42. The van der Waals surface area contributed by atoms with E-state index in [1.807, 2.05) is 41.3 Å². The third kappa shape index (κ3) is 6.54. The van der Waals surface area contributed by atoms with Gasteiger partial charge in [-0.3, -0.25) is 23.9 Å². The number of aryl methyl sites for hydroxylation is 1. The molecule has 1 aliphatic rings. The third-order valence-corrected chi connectivity index (χ3v) is 7.80. The Kier molecular flexibility index (Phi) is 9.27. The lowest BCUT2D eigenvalue weighted by Crippen LogP contribution is -2.49. The standard InChI is InChI=1S/C30H36ClN5O4/c1-21(2)22-9-11-23(12-10-22)28(38)35-17-15-34(16-18-35)14-13-27(37)36(19-24-7-5-6-8-25(24)31)26-20-32(3)30(40)33(4)29(26)39/h5-12,20-21H,13-19H2,1-4H3. The fourth-order valence-electron chi connectivity index (χ4n) is 4.84. The molecule has 0 unspecified atom stereocenters. The molecule has 212 valence electrons. The average molecular weight is 566 g/mol. The molecule has 3 aromatic rings. The Morgan fingerprint density at radius 3 is 2.23 bits per heavy atom. The first-order valence-corrected chi connectivity index (χ1v) is 13.9. The molecule has 9 nitrogen and oxygen atoms in total. The maximum atomic E-state index is 13.6. The summed E-state index contributed by atoms with van der Waals surface area (Å²) in [7, 11) is 2.94. The first-order valence-electron chi connectivity index (χ1n) is 13.5. The summed E-state index contributed by atoms with van der Waals surface area (Å²) in [5, 5.41) is 0.488. The number of hydrogen-bond acceptors (Lipinski definition) is 5. The minimum Gasteiger partial charge on any atom is -0.336 e. The van der Waals surface area contributed by atoms with Gasteiger partial charge >= 0.3 is 5.69 Å². The third-order valence-electron chi connectivity index (χ3n) is 7.43. The van der Waals surface area contributed by atoms with Crippen LogP contribution < -0.4 is 16.1 Å². The predicted octanol–water partition coefficient (Wildman–Crippen LogP) is 3.24. The summed E-state index contributed by atoms with van der Waals surface area (Å²) in [4.78, 5) is 57.2. The van der Waals surface area contributed by atoms with Crippen LogP contribution in [0.1, 0.15) is 47.7 Å². The Morgan fingerprint density at radius 1 is 0.950 bits per heavy atom. The first-order chi connectivity index (χ1) is 19.1. The van der Waals surface area contributed by atoms with Crippen molar-refractivity contribution in [2.75, 3.05) is 37.6 Å². The van der Waals surface area contributed by atoms with Gasteiger partial charge in [-0.2, -0.15) is 0 Å². The number of aromatic nitrogens is 2. The molecule has 0 saturated carbocycles. The second-order valence-corrected chi connectivity index (χ2v) is 10.9. The molecule has 0 N–H and O–H groups in total. The van der Waals surface area contributed by atoms with Crippen molar-refractivity contribution in [1.82, 2.24) is 18.9 Å². The number of carbonyl (C=O) groups excluding carboxylic acids is 2. The van der Waals surface area contributed by atoms with Crippen molar-refractivity contribution in [3.8, 4) is 0 Å². The van der Waals surface area contributed by atoms with Gasteiger partial charge in [-0.15, -0.1) is 0 Å². The van der Waals surface area contributed by atoms with E-state index in [2.05, 4.69) is 18.7 Å². The second kappa shape index (κ2) is 12.7. The number of hydrogen-bond donors (Lipinski definition) is 0. The maximum absolute atomic E-state index is 13.6. The molecule has 40 heavy (non-hydrogen) atoms. The SMILES string of the molecule is CC(C)c1ccc(C(=O)N2CCN(CCC(=O)N(Cc3ccccc3Cl)c3cn(C)c(=O)n(C)c3=O)CC2)cc1. The normalized spacial score (nSPS) is 14.0. The molecule has 2 heterocycles. The molecule has 1 saturated heterocycles. The summed E-state index contributed by atoms with van der Waals surface area (Å²) in [6.07, 6.45) is 1.57. The molecule has 1 fully saturated rings. The van der Waals surface area contributed by atoms with Crippen molar-refractivity contribution in [3.05, 3.63) is 97.3 Å². The summed E-state index contributed by atoms with van der Waals surface area (Å²) >= 11 is 6.37. The summed E-state index contributed by atoms with van der Waals surface area (Å²) in [5.41, 5.74) is 1.68. The van der Waals surface area contributed by atoms with Gasteiger partial charge in [0, 0.05) is 70.0 Å². The van der Waals surface area contributed by atoms with E-state index >= 15 is 0 Å². The number of nitrogens with zero attached hydrogens (tertiary/aromatic N) is 5. The van der Waals surface area contributed by atoms with Crippen molar-refractivity contribution in [3.63, 3.8) is 0 Å². The number of piperazine rings is 1. The minimum atomic E-state index is -0.544. The van der Waals surface area contributed by atoms with Gasteiger partial charge < -0.3 is 14.4 Å². The number of carbonyl (C=O) groups is 2. The molecule has 10 heteroatoms. The molecule has 4 rings (SSSR count). The van der Waals surface area contributed by atoms with Crippen molar-refractivity contribution < 1.29 is 9.59 Å². The fraction of sp³-hybridized carbons (Fsp3) is 0.400. The van der Waals surface area contributed by atoms with Crippen LogP contribution in [-0.2, 0) is 25.4 Å². The number of amides is 2. The minimum absolute atomic E-state index is 0.0162. The van der Waals surface area contributed by atoms with Gasteiger partial charge in [-0.05, 0) is 35.2 Å². The molecule has 0 aliphatic carbocycles. The Morgan fingerprint density at radius 2 is 1.60 bits per heavy atom. The molecule has 1 aromatic heterocycles. The summed E-state index contributed by atoms with van der Waals surface area (Å²) < 4.78 is 2.28. The van der Waals surface area contributed by atoms with Crippen molar-refractivity contribution in [2.24, 2.45) is 14.1 Å². The first kappa shape index (κ1) is 29.3. The van der Waals surface area contributed by atoms with Crippen LogP contribution in [-0.4, -0.2) is 63.5 Å². The summed E-state index contributed by atoms with van der Waals surface area (Å²) in [6, 6.07) is 15.0. The molecule has 2 amide bonds. The highest BCUT2D eigenvalue weighted by Gasteiger charge is 2.25. The Bertz CT molecular complexity index is 1490. The lowest BCUT2D eigenvalue weighted by Gasteiger charge is -2.35. The monoisotopic (exact) mass is 565 g/mol. The zero-order valence-electron chi connectivity index (χ0n) is 23.5. The van der Waals surface area contributed by atoms with Crippen LogP contribution in [0.3, 0.4) is 0 Å². The lowest BCUT2D eigenvalue weighted by atomic mass is 10.0. The molecule has 0 atom stereocenters. The zero-order valence-corrected chi connectivity index (χ0v) is 24.2. The quantitative estimate of drug-likeness (QED) is 0.418. The van der Waals surface area contributed by atoms with Crippen molar-refractivity contribution in [2.45, 2.75) is 32.7 Å². The molecule has 2 aromatic carbocycles. The number of benzene rings is 2. The van der Waals surface area contributed by atoms with Gasteiger partial charge in [-0.1, -0.05) is 55.8 Å². The van der Waals surface area contributed by atoms with Gasteiger partial charge in [0.1, 0.15) is 5.69 Å². The Hall–Kier alpha value is -3.69. The van der Waals surface area contributed by atoms with E-state index in [9.17, 15) is 19.2 Å².